The maximum atomic E-state index is 5.87. The second-order valence-corrected chi connectivity index (χ2v) is 5.89. The van der Waals surface area contributed by atoms with Crippen LogP contribution in [0.3, 0.4) is 0 Å². The van der Waals surface area contributed by atoms with Crippen LogP contribution < -0.4 is 14.8 Å². The van der Waals surface area contributed by atoms with Gasteiger partial charge >= 0.3 is 0 Å². The Morgan fingerprint density at radius 1 is 1.37 bits per heavy atom. The summed E-state index contributed by atoms with van der Waals surface area (Å²) in [6.45, 7) is 4.84. The highest BCUT2D eigenvalue weighted by Crippen LogP contribution is 2.38. The lowest BCUT2D eigenvalue weighted by atomic mass is 10.2. The van der Waals surface area contributed by atoms with Gasteiger partial charge in [-0.3, -0.25) is 0 Å². The van der Waals surface area contributed by atoms with Gasteiger partial charge in [0.05, 0.1) is 18.2 Å². The smallest absolute Gasteiger partial charge is 0.175 e. The van der Waals surface area contributed by atoms with Crippen LogP contribution >= 0.6 is 15.9 Å². The Morgan fingerprint density at radius 3 is 2.79 bits per heavy atom. The highest BCUT2D eigenvalue weighted by molar-refractivity contribution is 9.10. The van der Waals surface area contributed by atoms with Crippen molar-refractivity contribution < 1.29 is 9.47 Å². The SMILES string of the molecule is CCCNCc1cc(Br)c(OCC2CC2)c(OC)c1. The van der Waals surface area contributed by atoms with Gasteiger partial charge in [-0.1, -0.05) is 6.92 Å². The summed E-state index contributed by atoms with van der Waals surface area (Å²) in [4.78, 5) is 0. The molecule has 1 aromatic rings. The van der Waals surface area contributed by atoms with Crippen LogP contribution in [0.1, 0.15) is 31.7 Å². The van der Waals surface area contributed by atoms with Gasteiger partial charge in [0.15, 0.2) is 11.5 Å². The van der Waals surface area contributed by atoms with E-state index in [-0.39, 0.29) is 0 Å². The maximum absolute atomic E-state index is 5.87. The number of hydrogen-bond acceptors (Lipinski definition) is 3. The van der Waals surface area contributed by atoms with Gasteiger partial charge in [-0.2, -0.15) is 0 Å². The lowest BCUT2D eigenvalue weighted by Crippen LogP contribution is -2.14. The van der Waals surface area contributed by atoms with Gasteiger partial charge < -0.3 is 14.8 Å². The average molecular weight is 328 g/mol. The molecule has 0 atom stereocenters. The van der Waals surface area contributed by atoms with Gasteiger partial charge in [-0.25, -0.2) is 0 Å². The van der Waals surface area contributed by atoms with E-state index >= 15 is 0 Å². The zero-order valence-electron chi connectivity index (χ0n) is 11.7. The third kappa shape index (κ3) is 4.39. The molecule has 0 amide bonds. The third-order valence-corrected chi connectivity index (χ3v) is 3.79. The molecule has 0 saturated heterocycles. The standard InChI is InChI=1S/C15H22BrNO2/c1-3-6-17-9-12-7-13(16)15(14(8-12)18-2)19-10-11-4-5-11/h7-8,11,17H,3-6,9-10H2,1-2H3. The van der Waals surface area contributed by atoms with Gasteiger partial charge in [-0.15, -0.1) is 0 Å². The van der Waals surface area contributed by atoms with E-state index < -0.39 is 0 Å². The van der Waals surface area contributed by atoms with Gasteiger partial charge in [0.2, 0.25) is 0 Å². The zero-order valence-corrected chi connectivity index (χ0v) is 13.3. The Morgan fingerprint density at radius 2 is 2.16 bits per heavy atom. The number of halogens is 1. The minimum Gasteiger partial charge on any atom is -0.493 e. The monoisotopic (exact) mass is 327 g/mol. The molecule has 1 N–H and O–H groups in total. The van der Waals surface area contributed by atoms with E-state index in [9.17, 15) is 0 Å². The van der Waals surface area contributed by atoms with Crippen LogP contribution in [0.2, 0.25) is 0 Å². The summed E-state index contributed by atoms with van der Waals surface area (Å²) in [5.41, 5.74) is 1.20. The molecule has 1 aromatic carbocycles. The molecular weight excluding hydrogens is 306 g/mol. The second-order valence-electron chi connectivity index (χ2n) is 5.04. The highest BCUT2D eigenvalue weighted by Gasteiger charge is 2.23. The third-order valence-electron chi connectivity index (χ3n) is 3.21. The maximum Gasteiger partial charge on any atom is 0.175 e. The predicted molar refractivity (Wildman–Crippen MR) is 80.9 cm³/mol. The van der Waals surface area contributed by atoms with Crippen LogP contribution in [0.25, 0.3) is 0 Å². The van der Waals surface area contributed by atoms with Crippen molar-refractivity contribution in [1.29, 1.82) is 0 Å². The summed E-state index contributed by atoms with van der Waals surface area (Å²) < 4.78 is 12.3. The number of rotatable bonds is 8. The number of ether oxygens (including phenoxy) is 2. The van der Waals surface area contributed by atoms with Gasteiger partial charge in [0, 0.05) is 6.54 Å². The van der Waals surface area contributed by atoms with Crippen molar-refractivity contribution in [1.82, 2.24) is 5.32 Å². The predicted octanol–water partition coefficient (Wildman–Crippen LogP) is 3.75. The Balaban J connectivity index is 2.04. The van der Waals surface area contributed by atoms with Crippen LogP contribution in [0.15, 0.2) is 16.6 Å². The van der Waals surface area contributed by atoms with Gasteiger partial charge in [0.1, 0.15) is 0 Å². The molecular formula is C15H22BrNO2. The van der Waals surface area contributed by atoms with Crippen molar-refractivity contribution in [3.63, 3.8) is 0 Å². The number of benzene rings is 1. The molecule has 2 rings (SSSR count). The molecule has 19 heavy (non-hydrogen) atoms. The lowest BCUT2D eigenvalue weighted by Gasteiger charge is -2.14. The van der Waals surface area contributed by atoms with E-state index in [4.69, 9.17) is 9.47 Å². The molecule has 0 bridgehead atoms. The molecule has 4 heteroatoms. The quantitative estimate of drug-likeness (QED) is 0.738. The van der Waals surface area contributed by atoms with E-state index in [1.54, 1.807) is 7.11 Å². The van der Waals surface area contributed by atoms with E-state index in [2.05, 4.69) is 40.3 Å². The van der Waals surface area contributed by atoms with Crippen molar-refractivity contribution >= 4 is 15.9 Å². The molecule has 0 unspecified atom stereocenters. The normalized spacial score (nSPS) is 14.5. The zero-order chi connectivity index (χ0) is 13.7. The van der Waals surface area contributed by atoms with E-state index in [1.807, 2.05) is 0 Å². The van der Waals surface area contributed by atoms with Crippen molar-refractivity contribution in [2.45, 2.75) is 32.7 Å². The van der Waals surface area contributed by atoms with Crippen LogP contribution in [0, 0.1) is 5.92 Å². The summed E-state index contributed by atoms with van der Waals surface area (Å²) in [5, 5.41) is 3.39. The molecule has 1 fully saturated rings. The van der Waals surface area contributed by atoms with Crippen molar-refractivity contribution in [3.8, 4) is 11.5 Å². The molecule has 0 aliphatic heterocycles. The van der Waals surface area contributed by atoms with Crippen LogP contribution in [0.4, 0.5) is 0 Å². The fourth-order valence-electron chi connectivity index (χ4n) is 1.91. The van der Waals surface area contributed by atoms with Gasteiger partial charge in [0.25, 0.3) is 0 Å². The Labute approximate surface area is 123 Å². The molecule has 0 spiro atoms. The van der Waals surface area contributed by atoms with Gasteiger partial charge in [-0.05, 0) is 65.4 Å². The molecule has 1 aliphatic carbocycles. The van der Waals surface area contributed by atoms with Crippen LogP contribution in [-0.2, 0) is 6.54 Å². The minimum absolute atomic E-state index is 0.738. The summed E-state index contributed by atoms with van der Waals surface area (Å²) in [5.74, 6) is 2.37. The molecule has 0 heterocycles. The Hall–Kier alpha value is -0.740. The number of nitrogens with one attached hydrogen (secondary N) is 1. The first-order chi connectivity index (χ1) is 9.24. The van der Waals surface area contributed by atoms with Crippen molar-refractivity contribution in [3.05, 3.63) is 22.2 Å². The fraction of sp³-hybridized carbons (Fsp3) is 0.600. The second kappa shape index (κ2) is 7.15. The summed E-state index contributed by atoms with van der Waals surface area (Å²) in [7, 11) is 1.69. The Bertz CT molecular complexity index is 419. The number of methoxy groups -OCH3 is 1. The summed E-state index contributed by atoms with van der Waals surface area (Å²) in [6.07, 6.45) is 3.72. The molecule has 0 radical (unpaired) electrons. The topological polar surface area (TPSA) is 30.5 Å². The average Bonchev–Trinajstić information content (AvgIpc) is 3.21. The first-order valence-electron chi connectivity index (χ1n) is 6.94. The largest absolute Gasteiger partial charge is 0.493 e. The van der Waals surface area contributed by atoms with E-state index in [0.29, 0.717) is 0 Å². The van der Waals surface area contributed by atoms with Crippen LogP contribution in [-0.4, -0.2) is 20.3 Å². The molecule has 1 aliphatic rings. The Kier molecular flexibility index (Phi) is 5.52. The lowest BCUT2D eigenvalue weighted by molar-refractivity contribution is 0.278. The van der Waals surface area contributed by atoms with E-state index in [1.165, 1.54) is 18.4 Å². The number of hydrogen-bond donors (Lipinski definition) is 1. The molecule has 1 saturated carbocycles. The molecule has 106 valence electrons. The van der Waals surface area contributed by atoms with Crippen molar-refractivity contribution in [2.24, 2.45) is 5.92 Å². The fourth-order valence-corrected chi connectivity index (χ4v) is 2.51. The minimum atomic E-state index is 0.738. The molecule has 3 nitrogen and oxygen atoms in total. The first-order valence-corrected chi connectivity index (χ1v) is 7.73. The first kappa shape index (κ1) is 14.7. The van der Waals surface area contributed by atoms with Crippen LogP contribution in [0.5, 0.6) is 11.5 Å². The molecule has 0 aromatic heterocycles. The summed E-state index contributed by atoms with van der Waals surface area (Å²) >= 11 is 3.59. The summed E-state index contributed by atoms with van der Waals surface area (Å²) in [6, 6.07) is 4.16. The van der Waals surface area contributed by atoms with E-state index in [0.717, 1.165) is 48.0 Å². The highest BCUT2D eigenvalue weighted by atomic mass is 79.9. The van der Waals surface area contributed by atoms with Crippen molar-refractivity contribution in [2.75, 3.05) is 20.3 Å².